The Morgan fingerprint density at radius 3 is 2.78 bits per heavy atom. The number of aromatic nitrogens is 6. The molecule has 0 aliphatic heterocycles. The van der Waals surface area contributed by atoms with E-state index in [1.807, 2.05) is 16.9 Å². The lowest BCUT2D eigenvalue weighted by Gasteiger charge is -2.01. The highest BCUT2D eigenvalue weighted by atomic mass is 19.1. The van der Waals surface area contributed by atoms with Gasteiger partial charge in [0.15, 0.2) is 0 Å². The summed E-state index contributed by atoms with van der Waals surface area (Å²) < 4.78 is 15.2. The van der Waals surface area contributed by atoms with Crippen LogP contribution in [0.2, 0.25) is 0 Å². The van der Waals surface area contributed by atoms with E-state index >= 15 is 0 Å². The maximum absolute atomic E-state index is 13.3. The molecule has 0 aliphatic rings. The first-order chi connectivity index (χ1) is 11.2. The summed E-state index contributed by atoms with van der Waals surface area (Å²) in [5.41, 5.74) is 1.37. The zero-order valence-electron chi connectivity index (χ0n) is 13.1. The van der Waals surface area contributed by atoms with Crippen LogP contribution in [0.5, 0.6) is 0 Å². The van der Waals surface area contributed by atoms with Crippen molar-refractivity contribution in [2.45, 2.75) is 39.3 Å². The molecule has 0 spiro atoms. The highest BCUT2D eigenvalue weighted by molar-refractivity contribution is 5.54. The second-order valence-electron chi connectivity index (χ2n) is 5.50. The number of benzene rings is 1. The van der Waals surface area contributed by atoms with Crippen molar-refractivity contribution in [1.82, 2.24) is 30.0 Å². The van der Waals surface area contributed by atoms with Crippen molar-refractivity contribution >= 4 is 0 Å². The number of hydrogen-bond acceptors (Lipinski definition) is 4. The topological polar surface area (TPSA) is 61.4 Å². The molecule has 3 rings (SSSR count). The van der Waals surface area contributed by atoms with Crippen LogP contribution in [0.15, 0.2) is 36.7 Å². The lowest BCUT2D eigenvalue weighted by atomic mass is 10.1. The standard InChI is InChI=1S/C16H19FN6/c1-13-12-14(6-7-15(13)17)16-19-21-23(20-16)11-4-2-3-9-22-10-5-8-18-22/h5-8,10,12H,2-4,9,11H2,1H3. The van der Waals surface area contributed by atoms with Crippen molar-refractivity contribution in [3.8, 4) is 11.4 Å². The summed E-state index contributed by atoms with van der Waals surface area (Å²) in [4.78, 5) is 1.60. The average molecular weight is 314 g/mol. The molecule has 120 valence electrons. The summed E-state index contributed by atoms with van der Waals surface area (Å²) in [7, 11) is 0. The van der Waals surface area contributed by atoms with Crippen LogP contribution in [0.25, 0.3) is 11.4 Å². The molecular weight excluding hydrogens is 295 g/mol. The Kier molecular flexibility index (Phi) is 4.75. The second-order valence-corrected chi connectivity index (χ2v) is 5.50. The van der Waals surface area contributed by atoms with Crippen LogP contribution in [0.4, 0.5) is 4.39 Å². The average Bonchev–Trinajstić information content (AvgIpc) is 3.21. The van der Waals surface area contributed by atoms with Crippen molar-refractivity contribution in [1.29, 1.82) is 0 Å². The highest BCUT2D eigenvalue weighted by Crippen LogP contribution is 2.17. The van der Waals surface area contributed by atoms with Crippen molar-refractivity contribution in [3.63, 3.8) is 0 Å². The summed E-state index contributed by atoms with van der Waals surface area (Å²) in [5, 5.41) is 16.6. The summed E-state index contributed by atoms with van der Waals surface area (Å²) in [6.07, 6.45) is 6.89. The van der Waals surface area contributed by atoms with Gasteiger partial charge in [0.1, 0.15) is 5.82 Å². The Labute approximate surface area is 133 Å². The summed E-state index contributed by atoms with van der Waals surface area (Å²) in [6, 6.07) is 6.77. The molecule has 0 unspecified atom stereocenters. The van der Waals surface area contributed by atoms with Crippen molar-refractivity contribution in [2.24, 2.45) is 0 Å². The van der Waals surface area contributed by atoms with E-state index in [0.29, 0.717) is 11.4 Å². The van der Waals surface area contributed by atoms with Gasteiger partial charge in [-0.25, -0.2) is 4.39 Å². The second kappa shape index (κ2) is 7.13. The lowest BCUT2D eigenvalue weighted by Crippen LogP contribution is -2.04. The summed E-state index contributed by atoms with van der Waals surface area (Å²) in [5.74, 6) is 0.308. The van der Waals surface area contributed by atoms with E-state index < -0.39 is 0 Å². The molecule has 23 heavy (non-hydrogen) atoms. The first-order valence-corrected chi connectivity index (χ1v) is 7.74. The van der Waals surface area contributed by atoms with E-state index in [1.54, 1.807) is 30.0 Å². The largest absolute Gasteiger partial charge is 0.273 e. The third-order valence-electron chi connectivity index (χ3n) is 3.67. The molecule has 0 amide bonds. The minimum atomic E-state index is -0.224. The third-order valence-corrected chi connectivity index (χ3v) is 3.67. The highest BCUT2D eigenvalue weighted by Gasteiger charge is 2.07. The molecule has 0 saturated carbocycles. The quantitative estimate of drug-likeness (QED) is 0.629. The SMILES string of the molecule is Cc1cc(-c2nnn(CCCCCn3cccn3)n2)ccc1F. The van der Waals surface area contributed by atoms with Crippen molar-refractivity contribution in [3.05, 3.63) is 48.0 Å². The van der Waals surface area contributed by atoms with Gasteiger partial charge in [0.05, 0.1) is 6.54 Å². The Morgan fingerprint density at radius 1 is 1.13 bits per heavy atom. The lowest BCUT2D eigenvalue weighted by molar-refractivity contribution is 0.463. The van der Waals surface area contributed by atoms with Crippen LogP contribution in [-0.4, -0.2) is 30.0 Å². The molecular formula is C16H19FN6. The maximum Gasteiger partial charge on any atom is 0.204 e. The predicted molar refractivity (Wildman–Crippen MR) is 84.0 cm³/mol. The van der Waals surface area contributed by atoms with Crippen molar-refractivity contribution < 1.29 is 4.39 Å². The van der Waals surface area contributed by atoms with Crippen LogP contribution in [-0.2, 0) is 13.1 Å². The summed E-state index contributed by atoms with van der Waals surface area (Å²) >= 11 is 0. The monoisotopic (exact) mass is 314 g/mol. The van der Waals surface area contributed by atoms with Gasteiger partial charge in [-0.2, -0.15) is 9.90 Å². The first kappa shape index (κ1) is 15.3. The van der Waals surface area contributed by atoms with Gasteiger partial charge in [-0.1, -0.05) is 0 Å². The number of unbranched alkanes of at least 4 members (excludes halogenated alkanes) is 2. The smallest absolute Gasteiger partial charge is 0.204 e. The molecule has 0 fully saturated rings. The molecule has 3 aromatic rings. The number of nitrogens with zero attached hydrogens (tertiary/aromatic N) is 6. The van der Waals surface area contributed by atoms with E-state index in [4.69, 9.17) is 0 Å². The molecule has 0 radical (unpaired) electrons. The molecule has 0 N–H and O–H groups in total. The summed E-state index contributed by atoms with van der Waals surface area (Å²) in [6.45, 7) is 3.38. The predicted octanol–water partition coefficient (Wildman–Crippen LogP) is 2.85. The fourth-order valence-electron chi connectivity index (χ4n) is 2.37. The molecule has 0 saturated heterocycles. The van der Waals surface area contributed by atoms with Crippen LogP contribution in [0, 0.1) is 12.7 Å². The van der Waals surface area contributed by atoms with Crippen molar-refractivity contribution in [2.75, 3.05) is 0 Å². The van der Waals surface area contributed by atoms with Gasteiger partial charge in [0.25, 0.3) is 0 Å². The molecule has 1 aromatic carbocycles. The van der Waals surface area contributed by atoms with Crippen LogP contribution in [0.3, 0.4) is 0 Å². The third kappa shape index (κ3) is 4.00. The van der Waals surface area contributed by atoms with E-state index in [-0.39, 0.29) is 5.82 Å². The minimum Gasteiger partial charge on any atom is -0.273 e. The Morgan fingerprint density at radius 2 is 2.00 bits per heavy atom. The van der Waals surface area contributed by atoms with E-state index in [9.17, 15) is 4.39 Å². The zero-order chi connectivity index (χ0) is 16.1. The molecule has 6 nitrogen and oxygen atoms in total. The Balaban J connectivity index is 1.48. The van der Waals surface area contributed by atoms with Gasteiger partial charge in [-0.3, -0.25) is 4.68 Å². The number of halogens is 1. The normalized spacial score (nSPS) is 11.0. The van der Waals surface area contributed by atoms with E-state index in [1.165, 1.54) is 6.07 Å². The van der Waals surface area contributed by atoms with Gasteiger partial charge in [0.2, 0.25) is 5.82 Å². The van der Waals surface area contributed by atoms with Gasteiger partial charge in [-0.05, 0) is 61.2 Å². The molecule has 2 heterocycles. The van der Waals surface area contributed by atoms with Gasteiger partial charge < -0.3 is 0 Å². The first-order valence-electron chi connectivity index (χ1n) is 7.74. The van der Waals surface area contributed by atoms with E-state index in [0.717, 1.165) is 37.9 Å². The number of aryl methyl sites for hydroxylation is 3. The number of tetrazole rings is 1. The Bertz CT molecular complexity index is 750. The molecule has 0 aliphatic carbocycles. The zero-order valence-corrected chi connectivity index (χ0v) is 13.1. The van der Waals surface area contributed by atoms with Crippen LogP contribution in [0.1, 0.15) is 24.8 Å². The van der Waals surface area contributed by atoms with Gasteiger partial charge in [0, 0.05) is 24.5 Å². The minimum absolute atomic E-state index is 0.224. The van der Waals surface area contributed by atoms with Gasteiger partial charge >= 0.3 is 0 Å². The van der Waals surface area contributed by atoms with Gasteiger partial charge in [-0.15, -0.1) is 10.2 Å². The molecule has 0 atom stereocenters. The maximum atomic E-state index is 13.3. The number of hydrogen-bond donors (Lipinski definition) is 0. The van der Waals surface area contributed by atoms with Crippen LogP contribution < -0.4 is 0 Å². The molecule has 2 aromatic heterocycles. The fourth-order valence-corrected chi connectivity index (χ4v) is 2.37. The van der Waals surface area contributed by atoms with Crippen LogP contribution >= 0.6 is 0 Å². The Hall–Kier alpha value is -2.57. The molecule has 0 bridgehead atoms. The van der Waals surface area contributed by atoms with E-state index in [2.05, 4.69) is 20.5 Å². The fraction of sp³-hybridized carbons (Fsp3) is 0.375. The molecule has 7 heteroatoms. The number of rotatable bonds is 7.